The van der Waals surface area contributed by atoms with Crippen LogP contribution in [0.25, 0.3) is 0 Å². The van der Waals surface area contributed by atoms with Gasteiger partial charge >= 0.3 is 0 Å². The van der Waals surface area contributed by atoms with Crippen LogP contribution in [0, 0.1) is 15.9 Å². The normalized spacial score (nSPS) is 10.2. The van der Waals surface area contributed by atoms with Crippen LogP contribution in [0.3, 0.4) is 0 Å². The third-order valence-corrected chi connectivity index (χ3v) is 3.23. The van der Waals surface area contributed by atoms with Crippen LogP contribution in [-0.2, 0) is 0 Å². The van der Waals surface area contributed by atoms with Gasteiger partial charge in [-0.15, -0.1) is 0 Å². The molecule has 21 heavy (non-hydrogen) atoms. The van der Waals surface area contributed by atoms with Crippen LogP contribution in [0.15, 0.2) is 36.4 Å². The molecule has 8 heteroatoms. The SMILES string of the molecule is O=C(Nc1c(Cl)cccc1Cl)c1cc(F)ccc1[N+](=O)[O-]. The number of nitrogens with one attached hydrogen (secondary N) is 1. The van der Waals surface area contributed by atoms with Crippen molar-refractivity contribution in [2.24, 2.45) is 0 Å². The minimum absolute atomic E-state index is 0.101. The van der Waals surface area contributed by atoms with E-state index in [1.807, 2.05) is 0 Å². The lowest BCUT2D eigenvalue weighted by Gasteiger charge is -2.09. The molecule has 0 saturated carbocycles. The maximum atomic E-state index is 13.2. The molecule has 2 aromatic carbocycles. The smallest absolute Gasteiger partial charge is 0.282 e. The van der Waals surface area contributed by atoms with E-state index in [0.29, 0.717) is 0 Å². The van der Waals surface area contributed by atoms with Crippen molar-refractivity contribution in [3.63, 3.8) is 0 Å². The third-order valence-electron chi connectivity index (χ3n) is 2.60. The molecular formula is C13H7Cl2FN2O3. The Morgan fingerprint density at radius 3 is 2.38 bits per heavy atom. The Kier molecular flexibility index (Phi) is 4.40. The maximum Gasteiger partial charge on any atom is 0.282 e. The van der Waals surface area contributed by atoms with Crippen LogP contribution in [0.5, 0.6) is 0 Å². The summed E-state index contributed by atoms with van der Waals surface area (Å²) < 4.78 is 13.2. The van der Waals surface area contributed by atoms with Crippen molar-refractivity contribution in [1.82, 2.24) is 0 Å². The molecule has 0 radical (unpaired) electrons. The number of rotatable bonds is 3. The first kappa shape index (κ1) is 15.2. The van der Waals surface area contributed by atoms with Crippen molar-refractivity contribution in [1.29, 1.82) is 0 Å². The molecule has 0 spiro atoms. The zero-order chi connectivity index (χ0) is 15.6. The second kappa shape index (κ2) is 6.07. The fourth-order valence-corrected chi connectivity index (χ4v) is 2.14. The van der Waals surface area contributed by atoms with Gasteiger partial charge in [0.15, 0.2) is 0 Å². The summed E-state index contributed by atoms with van der Waals surface area (Å²) in [7, 11) is 0. The summed E-state index contributed by atoms with van der Waals surface area (Å²) in [6.45, 7) is 0. The molecule has 0 fully saturated rings. The molecule has 0 aromatic heterocycles. The Hall–Kier alpha value is -2.18. The monoisotopic (exact) mass is 328 g/mol. The average Bonchev–Trinajstić information content (AvgIpc) is 2.42. The zero-order valence-electron chi connectivity index (χ0n) is 10.3. The lowest BCUT2D eigenvalue weighted by Crippen LogP contribution is -2.15. The Morgan fingerprint density at radius 2 is 1.81 bits per heavy atom. The number of anilines is 1. The van der Waals surface area contributed by atoms with E-state index in [2.05, 4.69) is 5.32 Å². The van der Waals surface area contributed by atoms with Crippen molar-refractivity contribution in [3.05, 3.63) is 67.9 Å². The Morgan fingerprint density at radius 1 is 1.19 bits per heavy atom. The van der Waals surface area contributed by atoms with E-state index in [4.69, 9.17) is 23.2 Å². The van der Waals surface area contributed by atoms with Gasteiger partial charge in [0.25, 0.3) is 11.6 Å². The molecule has 1 N–H and O–H groups in total. The molecule has 0 aliphatic carbocycles. The molecule has 2 aromatic rings. The van der Waals surface area contributed by atoms with E-state index in [-0.39, 0.29) is 15.7 Å². The first-order valence-corrected chi connectivity index (χ1v) is 6.35. The minimum Gasteiger partial charge on any atom is -0.319 e. The molecule has 0 unspecified atom stereocenters. The maximum absolute atomic E-state index is 13.2. The number of nitro groups is 1. The number of carbonyl (C=O) groups excluding carboxylic acids is 1. The van der Waals surface area contributed by atoms with Gasteiger partial charge in [-0.3, -0.25) is 14.9 Å². The highest BCUT2D eigenvalue weighted by Crippen LogP contribution is 2.31. The van der Waals surface area contributed by atoms with Crippen LogP contribution >= 0.6 is 23.2 Å². The molecule has 1 amide bonds. The molecular weight excluding hydrogens is 322 g/mol. The van der Waals surface area contributed by atoms with Gasteiger partial charge in [-0.25, -0.2) is 4.39 Å². The number of amides is 1. The van der Waals surface area contributed by atoms with Crippen LogP contribution < -0.4 is 5.32 Å². The Balaban J connectivity index is 2.41. The van der Waals surface area contributed by atoms with Crippen LogP contribution in [0.1, 0.15) is 10.4 Å². The lowest BCUT2D eigenvalue weighted by atomic mass is 10.1. The molecule has 0 aliphatic heterocycles. The standard InChI is InChI=1S/C13H7Cl2FN2O3/c14-9-2-1-3-10(15)12(9)17-13(19)8-6-7(16)4-5-11(8)18(20)21/h1-6H,(H,17,19). The largest absolute Gasteiger partial charge is 0.319 e. The number of carbonyl (C=O) groups is 1. The van der Waals surface area contributed by atoms with Gasteiger partial charge in [-0.2, -0.15) is 0 Å². The second-order valence-corrected chi connectivity index (χ2v) is 4.78. The third kappa shape index (κ3) is 3.29. The van der Waals surface area contributed by atoms with Gasteiger partial charge in [0.05, 0.1) is 20.7 Å². The molecule has 0 atom stereocenters. The highest BCUT2D eigenvalue weighted by molar-refractivity contribution is 6.40. The number of nitro benzene ring substituents is 1. The quantitative estimate of drug-likeness (QED) is 0.674. The second-order valence-electron chi connectivity index (χ2n) is 3.97. The van der Waals surface area contributed by atoms with Crippen LogP contribution in [-0.4, -0.2) is 10.8 Å². The van der Waals surface area contributed by atoms with E-state index in [1.165, 1.54) is 12.1 Å². The number of para-hydroxylation sites is 1. The molecule has 5 nitrogen and oxygen atoms in total. The summed E-state index contributed by atoms with van der Waals surface area (Å²) in [6.07, 6.45) is 0. The average molecular weight is 329 g/mol. The Labute approximate surface area is 128 Å². The summed E-state index contributed by atoms with van der Waals surface area (Å²) in [5.74, 6) is -1.65. The molecule has 2 rings (SSSR count). The lowest BCUT2D eigenvalue weighted by molar-refractivity contribution is -0.385. The van der Waals surface area contributed by atoms with E-state index in [9.17, 15) is 19.3 Å². The summed E-state index contributed by atoms with van der Waals surface area (Å²) in [5.41, 5.74) is -0.836. The van der Waals surface area contributed by atoms with Crippen molar-refractivity contribution in [3.8, 4) is 0 Å². The summed E-state index contributed by atoms with van der Waals surface area (Å²) in [5, 5.41) is 13.5. The number of halogens is 3. The number of hydrogen-bond acceptors (Lipinski definition) is 3. The van der Waals surface area contributed by atoms with Gasteiger partial charge in [0.1, 0.15) is 11.4 Å². The summed E-state index contributed by atoms with van der Waals surface area (Å²) in [6, 6.07) is 7.14. The molecule has 0 heterocycles. The molecule has 0 bridgehead atoms. The van der Waals surface area contributed by atoms with Crippen molar-refractivity contribution in [2.75, 3.05) is 5.32 Å². The van der Waals surface area contributed by atoms with Crippen LogP contribution in [0.2, 0.25) is 10.0 Å². The first-order valence-electron chi connectivity index (χ1n) is 5.59. The molecule has 0 saturated heterocycles. The highest BCUT2D eigenvalue weighted by atomic mass is 35.5. The number of benzene rings is 2. The van der Waals surface area contributed by atoms with Crippen molar-refractivity contribution >= 4 is 40.5 Å². The van der Waals surface area contributed by atoms with Gasteiger partial charge in [0.2, 0.25) is 0 Å². The van der Waals surface area contributed by atoms with Crippen molar-refractivity contribution in [2.45, 2.75) is 0 Å². The fourth-order valence-electron chi connectivity index (χ4n) is 1.65. The van der Waals surface area contributed by atoms with Gasteiger partial charge in [0, 0.05) is 6.07 Å². The topological polar surface area (TPSA) is 72.2 Å². The predicted octanol–water partition coefficient (Wildman–Crippen LogP) is 4.29. The van der Waals surface area contributed by atoms with E-state index >= 15 is 0 Å². The highest BCUT2D eigenvalue weighted by Gasteiger charge is 2.22. The number of hydrogen-bond donors (Lipinski definition) is 1. The van der Waals surface area contributed by atoms with Crippen LogP contribution in [0.4, 0.5) is 15.8 Å². The van der Waals surface area contributed by atoms with Crippen molar-refractivity contribution < 1.29 is 14.1 Å². The van der Waals surface area contributed by atoms with Gasteiger partial charge in [-0.1, -0.05) is 29.3 Å². The fraction of sp³-hybridized carbons (Fsp3) is 0. The van der Waals surface area contributed by atoms with Gasteiger partial charge in [-0.05, 0) is 24.3 Å². The molecule has 0 aliphatic rings. The summed E-state index contributed by atoms with van der Waals surface area (Å²) in [4.78, 5) is 22.2. The molecule has 108 valence electrons. The predicted molar refractivity (Wildman–Crippen MR) is 77.5 cm³/mol. The Bertz CT molecular complexity index is 717. The van der Waals surface area contributed by atoms with E-state index in [0.717, 1.165) is 18.2 Å². The summed E-state index contributed by atoms with van der Waals surface area (Å²) >= 11 is 11.8. The van der Waals surface area contributed by atoms with E-state index in [1.54, 1.807) is 6.07 Å². The first-order chi connectivity index (χ1) is 9.90. The van der Waals surface area contributed by atoms with E-state index < -0.39 is 27.9 Å². The minimum atomic E-state index is -0.879. The van der Waals surface area contributed by atoms with Gasteiger partial charge < -0.3 is 5.32 Å². The zero-order valence-corrected chi connectivity index (χ0v) is 11.8. The number of nitrogens with zero attached hydrogens (tertiary/aromatic N) is 1.